The lowest BCUT2D eigenvalue weighted by Gasteiger charge is -2.15. The summed E-state index contributed by atoms with van der Waals surface area (Å²) in [6, 6.07) is 19.5. The zero-order valence-electron chi connectivity index (χ0n) is 18.0. The van der Waals surface area contributed by atoms with Crippen molar-refractivity contribution in [1.82, 2.24) is 0 Å². The number of benzene rings is 3. The summed E-state index contributed by atoms with van der Waals surface area (Å²) < 4.78 is 16.3. The average Bonchev–Trinajstić information content (AvgIpc) is 2.83. The van der Waals surface area contributed by atoms with E-state index in [-0.39, 0.29) is 11.3 Å². The molecular weight excluding hydrogens is 428 g/mol. The number of non-ortho nitro benzene ring substituents is 1. The maximum Gasteiger partial charge on any atom is 0.339 e. The number of ether oxygens (including phenoxy) is 3. The van der Waals surface area contributed by atoms with Crippen molar-refractivity contribution in [2.75, 3.05) is 12.4 Å². The van der Waals surface area contributed by atoms with Gasteiger partial charge in [0, 0.05) is 17.8 Å². The van der Waals surface area contributed by atoms with E-state index in [1.54, 1.807) is 6.07 Å². The molecule has 1 amide bonds. The van der Waals surface area contributed by atoms with Crippen molar-refractivity contribution >= 4 is 23.3 Å². The van der Waals surface area contributed by atoms with Crippen LogP contribution in [0.5, 0.6) is 11.5 Å². The number of carbonyl (C=O) groups is 2. The topological polar surface area (TPSA) is 117 Å². The first kappa shape index (κ1) is 23.3. The number of amides is 1. The Kier molecular flexibility index (Phi) is 7.59. The summed E-state index contributed by atoms with van der Waals surface area (Å²) in [4.78, 5) is 35.0. The summed E-state index contributed by atoms with van der Waals surface area (Å²) in [5, 5.41) is 13.3. The molecule has 0 aliphatic rings. The van der Waals surface area contributed by atoms with E-state index in [2.05, 4.69) is 5.32 Å². The fourth-order valence-corrected chi connectivity index (χ4v) is 2.84. The molecule has 33 heavy (non-hydrogen) atoms. The van der Waals surface area contributed by atoms with Gasteiger partial charge in [-0.25, -0.2) is 4.79 Å². The predicted octanol–water partition coefficient (Wildman–Crippen LogP) is 4.37. The molecular formula is C24H22N2O7. The van der Waals surface area contributed by atoms with E-state index in [9.17, 15) is 19.7 Å². The van der Waals surface area contributed by atoms with Crippen molar-refractivity contribution < 1.29 is 28.7 Å². The molecule has 0 heterocycles. The van der Waals surface area contributed by atoms with Crippen LogP contribution in [0.3, 0.4) is 0 Å². The Morgan fingerprint density at radius 1 is 1.00 bits per heavy atom. The van der Waals surface area contributed by atoms with E-state index in [0.717, 1.165) is 5.56 Å². The Labute approximate surface area is 190 Å². The number of methoxy groups -OCH3 is 1. The number of anilines is 1. The van der Waals surface area contributed by atoms with Crippen molar-refractivity contribution in [3.8, 4) is 11.5 Å². The largest absolute Gasteiger partial charge is 0.493 e. The zero-order chi connectivity index (χ0) is 23.8. The third-order valence-corrected chi connectivity index (χ3v) is 4.64. The van der Waals surface area contributed by atoms with Gasteiger partial charge in [-0.2, -0.15) is 0 Å². The number of hydrogen-bond acceptors (Lipinski definition) is 7. The molecule has 0 saturated heterocycles. The van der Waals surface area contributed by atoms with E-state index < -0.39 is 22.9 Å². The molecule has 3 aromatic carbocycles. The summed E-state index contributed by atoms with van der Waals surface area (Å²) in [7, 11) is 1.46. The molecule has 3 aromatic rings. The van der Waals surface area contributed by atoms with E-state index >= 15 is 0 Å². The van der Waals surface area contributed by atoms with Crippen LogP contribution in [-0.2, 0) is 16.1 Å². The molecule has 0 aromatic heterocycles. The van der Waals surface area contributed by atoms with E-state index in [4.69, 9.17) is 14.2 Å². The van der Waals surface area contributed by atoms with Crippen molar-refractivity contribution in [3.63, 3.8) is 0 Å². The molecule has 9 heteroatoms. The number of hydrogen-bond donors (Lipinski definition) is 1. The van der Waals surface area contributed by atoms with Crippen molar-refractivity contribution in [1.29, 1.82) is 0 Å². The molecule has 0 fully saturated rings. The van der Waals surface area contributed by atoms with Crippen LogP contribution in [0.25, 0.3) is 0 Å². The zero-order valence-corrected chi connectivity index (χ0v) is 18.0. The maximum atomic E-state index is 12.5. The lowest BCUT2D eigenvalue weighted by Crippen LogP contribution is -2.30. The second-order valence-electron chi connectivity index (χ2n) is 6.98. The van der Waals surface area contributed by atoms with Crippen molar-refractivity contribution in [2.24, 2.45) is 0 Å². The molecule has 1 atom stereocenters. The number of esters is 1. The Morgan fingerprint density at radius 3 is 2.33 bits per heavy atom. The monoisotopic (exact) mass is 450 g/mol. The van der Waals surface area contributed by atoms with Crippen LogP contribution in [0.15, 0.2) is 72.8 Å². The van der Waals surface area contributed by atoms with Gasteiger partial charge in [-0.15, -0.1) is 0 Å². The first-order chi connectivity index (χ1) is 15.9. The highest BCUT2D eigenvalue weighted by Crippen LogP contribution is 2.29. The molecule has 0 bridgehead atoms. The molecule has 1 unspecified atom stereocenters. The molecule has 0 aliphatic carbocycles. The minimum absolute atomic E-state index is 0.0994. The number of rotatable bonds is 9. The highest BCUT2D eigenvalue weighted by atomic mass is 16.6. The lowest BCUT2D eigenvalue weighted by atomic mass is 10.2. The second-order valence-corrected chi connectivity index (χ2v) is 6.98. The number of carbonyl (C=O) groups excluding carboxylic acids is 2. The smallest absolute Gasteiger partial charge is 0.339 e. The highest BCUT2D eigenvalue weighted by Gasteiger charge is 2.20. The van der Waals surface area contributed by atoms with Gasteiger partial charge in [0.05, 0.1) is 17.6 Å². The summed E-state index contributed by atoms with van der Waals surface area (Å²) in [5.41, 5.74) is 1.41. The van der Waals surface area contributed by atoms with Crippen LogP contribution in [0.2, 0.25) is 0 Å². The maximum absolute atomic E-state index is 12.5. The summed E-state index contributed by atoms with van der Waals surface area (Å²) >= 11 is 0. The number of nitrogens with zero attached hydrogens (tertiary/aromatic N) is 1. The fraction of sp³-hybridized carbons (Fsp3) is 0.167. The van der Waals surface area contributed by atoms with Gasteiger partial charge in [-0.05, 0) is 42.8 Å². The number of nitrogens with one attached hydrogen (secondary N) is 1. The van der Waals surface area contributed by atoms with Crippen LogP contribution in [0.1, 0.15) is 22.8 Å². The molecule has 9 nitrogen and oxygen atoms in total. The van der Waals surface area contributed by atoms with Crippen LogP contribution >= 0.6 is 0 Å². The van der Waals surface area contributed by atoms with E-state index in [1.807, 2.05) is 30.3 Å². The van der Waals surface area contributed by atoms with Gasteiger partial charge in [-0.3, -0.25) is 14.9 Å². The Balaban J connectivity index is 1.60. The Morgan fingerprint density at radius 2 is 1.70 bits per heavy atom. The number of nitro groups is 1. The molecule has 170 valence electrons. The van der Waals surface area contributed by atoms with Gasteiger partial charge in [0.15, 0.2) is 17.6 Å². The van der Waals surface area contributed by atoms with Gasteiger partial charge in [0.2, 0.25) is 0 Å². The third kappa shape index (κ3) is 6.30. The van der Waals surface area contributed by atoms with Crippen molar-refractivity contribution in [2.45, 2.75) is 19.6 Å². The Hall–Kier alpha value is -4.40. The van der Waals surface area contributed by atoms with Crippen molar-refractivity contribution in [3.05, 3.63) is 94.0 Å². The third-order valence-electron chi connectivity index (χ3n) is 4.64. The SMILES string of the molecule is COc1cc(C(=O)OC(C)C(=O)Nc2ccc([N+](=O)[O-])cc2)ccc1OCc1ccccc1. The lowest BCUT2D eigenvalue weighted by molar-refractivity contribution is -0.384. The van der Waals surface area contributed by atoms with Crippen LogP contribution in [0.4, 0.5) is 11.4 Å². The highest BCUT2D eigenvalue weighted by molar-refractivity contribution is 5.97. The van der Waals surface area contributed by atoms with Gasteiger partial charge >= 0.3 is 5.97 Å². The standard InChI is InChI=1S/C24H22N2O7/c1-16(23(27)25-19-9-11-20(12-10-19)26(29)30)33-24(28)18-8-13-21(22(14-18)31-2)32-15-17-6-4-3-5-7-17/h3-14,16H,15H2,1-2H3,(H,25,27). The van der Waals surface area contributed by atoms with Gasteiger partial charge in [0.1, 0.15) is 6.61 Å². The van der Waals surface area contributed by atoms with Gasteiger partial charge in [0.25, 0.3) is 11.6 Å². The van der Waals surface area contributed by atoms with Crippen LogP contribution < -0.4 is 14.8 Å². The number of nitro benzene ring substituents is 1. The fourth-order valence-electron chi connectivity index (χ4n) is 2.84. The molecule has 3 rings (SSSR count). The van der Waals surface area contributed by atoms with Crippen LogP contribution in [0, 0.1) is 10.1 Å². The average molecular weight is 450 g/mol. The molecule has 1 N–H and O–H groups in total. The summed E-state index contributed by atoms with van der Waals surface area (Å²) in [6.45, 7) is 1.76. The van der Waals surface area contributed by atoms with Gasteiger partial charge < -0.3 is 19.5 Å². The summed E-state index contributed by atoms with van der Waals surface area (Å²) in [6.07, 6.45) is -1.10. The van der Waals surface area contributed by atoms with E-state index in [1.165, 1.54) is 50.4 Å². The molecule has 0 radical (unpaired) electrons. The van der Waals surface area contributed by atoms with Gasteiger partial charge in [-0.1, -0.05) is 30.3 Å². The first-order valence-electron chi connectivity index (χ1n) is 9.98. The Bertz CT molecular complexity index is 1130. The minimum atomic E-state index is -1.10. The normalized spacial score (nSPS) is 11.2. The molecule has 0 saturated carbocycles. The second kappa shape index (κ2) is 10.8. The predicted molar refractivity (Wildman–Crippen MR) is 120 cm³/mol. The summed E-state index contributed by atoms with van der Waals surface area (Å²) in [5.74, 6) is -0.480. The quantitative estimate of drug-likeness (QED) is 0.292. The molecule has 0 spiro atoms. The van der Waals surface area contributed by atoms with E-state index in [0.29, 0.717) is 23.8 Å². The first-order valence-corrected chi connectivity index (χ1v) is 9.98. The van der Waals surface area contributed by atoms with Crippen LogP contribution in [-0.4, -0.2) is 30.0 Å². The molecule has 0 aliphatic heterocycles. The minimum Gasteiger partial charge on any atom is -0.493 e.